The highest BCUT2D eigenvalue weighted by atomic mass is 35.5. The molecule has 0 radical (unpaired) electrons. The van der Waals surface area contributed by atoms with E-state index in [1.807, 2.05) is 18.2 Å². The number of hydrogen-bond acceptors (Lipinski definition) is 6. The van der Waals surface area contributed by atoms with Crippen LogP contribution in [-0.2, 0) is 0 Å². The van der Waals surface area contributed by atoms with Crippen molar-refractivity contribution in [1.29, 1.82) is 5.41 Å². The molecule has 1 aliphatic heterocycles. The summed E-state index contributed by atoms with van der Waals surface area (Å²) in [6.07, 6.45) is 1.25. The highest BCUT2D eigenvalue weighted by Crippen LogP contribution is 2.38. The van der Waals surface area contributed by atoms with Crippen molar-refractivity contribution in [3.63, 3.8) is 0 Å². The lowest BCUT2D eigenvalue weighted by Crippen LogP contribution is -2.47. The average Bonchev–Trinajstić information content (AvgIpc) is 2.76. The van der Waals surface area contributed by atoms with Gasteiger partial charge in [0.25, 0.3) is 0 Å². The zero-order chi connectivity index (χ0) is 20.8. The molecule has 6 nitrogen and oxygen atoms in total. The maximum atomic E-state index is 7.43. The number of halogens is 2. The molecule has 0 saturated carbocycles. The van der Waals surface area contributed by atoms with Crippen LogP contribution < -0.4 is 19.1 Å². The molecule has 8 heteroatoms. The van der Waals surface area contributed by atoms with E-state index in [2.05, 4.69) is 9.80 Å². The van der Waals surface area contributed by atoms with Crippen molar-refractivity contribution < 1.29 is 14.2 Å². The Hall–Kier alpha value is -2.15. The fourth-order valence-electron chi connectivity index (χ4n) is 3.31. The van der Waals surface area contributed by atoms with Crippen LogP contribution in [0.5, 0.6) is 17.2 Å². The lowest BCUT2D eigenvalue weighted by molar-refractivity contribution is 0.192. The van der Waals surface area contributed by atoms with Crippen molar-refractivity contribution in [3.05, 3.63) is 45.9 Å². The van der Waals surface area contributed by atoms with Gasteiger partial charge in [0.15, 0.2) is 11.5 Å². The molecule has 1 aliphatic rings. The second-order valence-corrected chi connectivity index (χ2v) is 7.49. The highest BCUT2D eigenvalue weighted by molar-refractivity contribution is 6.42. The Morgan fingerprint density at radius 1 is 0.966 bits per heavy atom. The third-order valence-electron chi connectivity index (χ3n) is 4.94. The van der Waals surface area contributed by atoms with Crippen LogP contribution >= 0.6 is 23.2 Å². The lowest BCUT2D eigenvalue weighted by Gasteiger charge is -2.36. The molecule has 156 valence electrons. The number of piperazine rings is 1. The van der Waals surface area contributed by atoms with Gasteiger partial charge < -0.3 is 24.5 Å². The number of ether oxygens (including phenoxy) is 3. The Balaban J connectivity index is 1.53. The third kappa shape index (κ3) is 5.26. The number of benzene rings is 2. The molecule has 1 heterocycles. The highest BCUT2D eigenvalue weighted by Gasteiger charge is 2.19. The van der Waals surface area contributed by atoms with Crippen LogP contribution in [-0.4, -0.2) is 64.7 Å². The van der Waals surface area contributed by atoms with Gasteiger partial charge in [0.2, 0.25) is 5.75 Å². The first-order chi connectivity index (χ1) is 14.0. The van der Waals surface area contributed by atoms with Gasteiger partial charge in [-0.25, -0.2) is 0 Å². The molecule has 0 aliphatic carbocycles. The molecular weight excluding hydrogens is 413 g/mol. The summed E-state index contributed by atoms with van der Waals surface area (Å²) in [4.78, 5) is 4.67. The normalized spacial score (nSPS) is 14.6. The van der Waals surface area contributed by atoms with Crippen LogP contribution in [0.4, 0.5) is 5.69 Å². The number of methoxy groups -OCH3 is 2. The van der Waals surface area contributed by atoms with E-state index in [4.69, 9.17) is 42.8 Å². The molecule has 0 spiro atoms. The molecule has 2 aromatic carbocycles. The van der Waals surface area contributed by atoms with Crippen molar-refractivity contribution >= 4 is 35.1 Å². The molecule has 0 unspecified atom stereocenters. The van der Waals surface area contributed by atoms with Gasteiger partial charge in [-0.05, 0) is 35.9 Å². The molecule has 0 amide bonds. The molecule has 0 bridgehead atoms. The minimum Gasteiger partial charge on any atom is -0.493 e. The van der Waals surface area contributed by atoms with E-state index in [9.17, 15) is 0 Å². The summed E-state index contributed by atoms with van der Waals surface area (Å²) in [6, 6.07) is 9.29. The average molecular weight is 438 g/mol. The van der Waals surface area contributed by atoms with E-state index in [0.717, 1.165) is 38.4 Å². The lowest BCUT2D eigenvalue weighted by atomic mass is 10.2. The Morgan fingerprint density at radius 3 is 2.17 bits per heavy atom. The third-order valence-corrected chi connectivity index (χ3v) is 5.68. The Labute approximate surface area is 181 Å². The SMILES string of the molecule is COc1cc(C=N)cc(OC)c1OCCN1CCN(c2ccc(Cl)c(Cl)c2)CC1. The summed E-state index contributed by atoms with van der Waals surface area (Å²) in [6.45, 7) is 5.02. The zero-order valence-electron chi connectivity index (χ0n) is 16.6. The van der Waals surface area contributed by atoms with Crippen molar-refractivity contribution in [2.45, 2.75) is 0 Å². The van der Waals surface area contributed by atoms with Crippen LogP contribution in [0.25, 0.3) is 0 Å². The second kappa shape index (κ2) is 10.1. The molecule has 3 rings (SSSR count). The number of anilines is 1. The molecule has 1 saturated heterocycles. The molecule has 0 aromatic heterocycles. The summed E-state index contributed by atoms with van der Waals surface area (Å²) in [5, 5.41) is 8.58. The topological polar surface area (TPSA) is 58.0 Å². The van der Waals surface area contributed by atoms with Crippen LogP contribution in [0.1, 0.15) is 5.56 Å². The molecule has 1 fully saturated rings. The van der Waals surface area contributed by atoms with Crippen molar-refractivity contribution in [2.24, 2.45) is 0 Å². The maximum Gasteiger partial charge on any atom is 0.203 e. The monoisotopic (exact) mass is 437 g/mol. The van der Waals surface area contributed by atoms with Gasteiger partial charge in [-0.15, -0.1) is 0 Å². The first-order valence-electron chi connectivity index (χ1n) is 9.37. The van der Waals surface area contributed by atoms with Gasteiger partial charge >= 0.3 is 0 Å². The van der Waals surface area contributed by atoms with E-state index < -0.39 is 0 Å². The minimum absolute atomic E-state index is 0.517. The fourth-order valence-corrected chi connectivity index (χ4v) is 3.61. The van der Waals surface area contributed by atoms with E-state index in [1.54, 1.807) is 26.4 Å². The zero-order valence-corrected chi connectivity index (χ0v) is 18.1. The number of nitrogens with one attached hydrogen (secondary N) is 1. The Bertz CT molecular complexity index is 830. The summed E-state index contributed by atoms with van der Waals surface area (Å²) in [5.74, 6) is 1.69. The van der Waals surface area contributed by atoms with Gasteiger partial charge in [0, 0.05) is 44.6 Å². The smallest absolute Gasteiger partial charge is 0.203 e. The molecule has 0 atom stereocenters. The van der Waals surface area contributed by atoms with E-state index >= 15 is 0 Å². The fraction of sp³-hybridized carbons (Fsp3) is 0.381. The van der Waals surface area contributed by atoms with Gasteiger partial charge in [0.05, 0.1) is 24.3 Å². The van der Waals surface area contributed by atoms with Gasteiger partial charge in [0.1, 0.15) is 6.61 Å². The van der Waals surface area contributed by atoms with Crippen LogP contribution in [0, 0.1) is 5.41 Å². The van der Waals surface area contributed by atoms with E-state index in [-0.39, 0.29) is 0 Å². The summed E-state index contributed by atoms with van der Waals surface area (Å²) in [7, 11) is 3.16. The predicted octanol–water partition coefficient (Wildman–Crippen LogP) is 4.21. The van der Waals surface area contributed by atoms with Crippen LogP contribution in [0.3, 0.4) is 0 Å². The largest absolute Gasteiger partial charge is 0.493 e. The second-order valence-electron chi connectivity index (χ2n) is 6.67. The standard InChI is InChI=1S/C21H25Cl2N3O3/c1-27-19-11-15(14-24)12-20(28-2)21(19)29-10-9-25-5-7-26(8-6-25)16-3-4-17(22)18(23)13-16/h3-4,11-14,24H,5-10H2,1-2H3. The Morgan fingerprint density at radius 2 is 1.62 bits per heavy atom. The van der Waals surface area contributed by atoms with Gasteiger partial charge in [-0.1, -0.05) is 23.2 Å². The first kappa shape index (κ1) is 21.6. The number of nitrogens with zero attached hydrogens (tertiary/aromatic N) is 2. The van der Waals surface area contributed by atoms with E-state index in [0.29, 0.717) is 39.5 Å². The van der Waals surface area contributed by atoms with Gasteiger partial charge in [-0.2, -0.15) is 0 Å². The minimum atomic E-state index is 0.517. The quantitative estimate of drug-likeness (QED) is 0.626. The number of hydrogen-bond donors (Lipinski definition) is 1. The maximum absolute atomic E-state index is 7.43. The van der Waals surface area contributed by atoms with Crippen molar-refractivity contribution in [1.82, 2.24) is 4.90 Å². The van der Waals surface area contributed by atoms with E-state index in [1.165, 1.54) is 6.21 Å². The summed E-state index contributed by atoms with van der Waals surface area (Å²) >= 11 is 12.1. The van der Waals surface area contributed by atoms with Gasteiger partial charge in [-0.3, -0.25) is 4.90 Å². The van der Waals surface area contributed by atoms with Crippen LogP contribution in [0.15, 0.2) is 30.3 Å². The predicted molar refractivity (Wildman–Crippen MR) is 118 cm³/mol. The van der Waals surface area contributed by atoms with Crippen molar-refractivity contribution in [2.75, 3.05) is 58.5 Å². The number of rotatable bonds is 8. The molecule has 2 aromatic rings. The molecule has 29 heavy (non-hydrogen) atoms. The Kier molecular flexibility index (Phi) is 7.47. The molecular formula is C21H25Cl2N3O3. The summed E-state index contributed by atoms with van der Waals surface area (Å²) in [5.41, 5.74) is 1.79. The van der Waals surface area contributed by atoms with Crippen molar-refractivity contribution in [3.8, 4) is 17.2 Å². The molecule has 1 N–H and O–H groups in total. The summed E-state index contributed by atoms with van der Waals surface area (Å²) < 4.78 is 16.8. The van der Waals surface area contributed by atoms with Crippen LogP contribution in [0.2, 0.25) is 10.0 Å². The first-order valence-corrected chi connectivity index (χ1v) is 10.1.